The molecule has 0 unspecified atom stereocenters. The Morgan fingerprint density at radius 2 is 2.08 bits per heavy atom. The normalized spacial score (nSPS) is 10.1. The van der Waals surface area contributed by atoms with Gasteiger partial charge in [-0.05, 0) is 31.5 Å². The van der Waals surface area contributed by atoms with E-state index < -0.39 is 17.9 Å². The van der Waals surface area contributed by atoms with Crippen LogP contribution in [0.5, 0.6) is 0 Å². The van der Waals surface area contributed by atoms with Gasteiger partial charge in [0.25, 0.3) is 5.91 Å². The highest BCUT2D eigenvalue weighted by Gasteiger charge is 2.25. The van der Waals surface area contributed by atoms with E-state index in [9.17, 15) is 14.4 Å². The molecule has 0 bridgehead atoms. The quantitative estimate of drug-likeness (QED) is 0.728. The molecular weight excluding hydrogens is 332 g/mol. The highest BCUT2D eigenvalue weighted by Crippen LogP contribution is 2.31. The summed E-state index contributed by atoms with van der Waals surface area (Å²) in [5, 5.41) is 4.76. The summed E-state index contributed by atoms with van der Waals surface area (Å²) in [6, 6.07) is 4.24. The zero-order valence-electron chi connectivity index (χ0n) is 13.1. The number of carbonyl (C=O) groups is 3. The average Bonchev–Trinajstić information content (AvgIpc) is 2.83. The second kappa shape index (κ2) is 7.55. The highest BCUT2D eigenvalue weighted by molar-refractivity contribution is 7.18. The molecule has 126 valence electrons. The van der Waals surface area contributed by atoms with Gasteiger partial charge < -0.3 is 10.5 Å². The van der Waals surface area contributed by atoms with Gasteiger partial charge in [0, 0.05) is 6.20 Å². The number of nitrogens with one attached hydrogen (secondary N) is 2. The van der Waals surface area contributed by atoms with Gasteiger partial charge >= 0.3 is 12.0 Å². The Bertz CT molecular complexity index is 773. The number of nitrogens with two attached hydrogens (primary N) is 1. The number of urea groups is 1. The molecule has 4 N–H and O–H groups in total. The van der Waals surface area contributed by atoms with E-state index >= 15 is 0 Å². The number of carbonyl (C=O) groups excluding carboxylic acids is 3. The SMILES string of the molecule is CCOC(=O)c1c(N)sc(C(=O)NC(=O)Nc2ccccn2)c1C. The average molecular weight is 348 g/mol. The largest absolute Gasteiger partial charge is 0.462 e. The van der Waals surface area contributed by atoms with E-state index in [1.54, 1.807) is 32.0 Å². The third kappa shape index (κ3) is 3.87. The molecule has 0 radical (unpaired) electrons. The highest BCUT2D eigenvalue weighted by atomic mass is 32.1. The number of ether oxygens (including phenoxy) is 1. The molecule has 0 atom stereocenters. The standard InChI is InChI=1S/C15H16N4O4S/c1-3-23-14(21)10-8(2)11(24-12(10)16)13(20)19-15(22)18-9-6-4-5-7-17-9/h4-7H,3,16H2,1-2H3,(H2,17,18,19,20,22). The Morgan fingerprint density at radius 1 is 1.33 bits per heavy atom. The fourth-order valence-corrected chi connectivity index (χ4v) is 2.91. The minimum absolute atomic E-state index is 0.150. The van der Waals surface area contributed by atoms with Gasteiger partial charge in [-0.3, -0.25) is 15.4 Å². The zero-order chi connectivity index (χ0) is 17.7. The summed E-state index contributed by atoms with van der Waals surface area (Å²) >= 11 is 0.921. The van der Waals surface area contributed by atoms with E-state index in [2.05, 4.69) is 15.6 Å². The van der Waals surface area contributed by atoms with Crippen molar-refractivity contribution in [1.82, 2.24) is 10.3 Å². The first-order valence-electron chi connectivity index (χ1n) is 7.03. The maximum Gasteiger partial charge on any atom is 0.341 e. The van der Waals surface area contributed by atoms with Crippen molar-refractivity contribution < 1.29 is 19.1 Å². The van der Waals surface area contributed by atoms with Gasteiger partial charge in [-0.1, -0.05) is 6.07 Å². The molecule has 0 fully saturated rings. The summed E-state index contributed by atoms with van der Waals surface area (Å²) in [6.45, 7) is 3.44. The number of hydrogen-bond donors (Lipinski definition) is 3. The van der Waals surface area contributed by atoms with E-state index in [0.29, 0.717) is 11.4 Å². The smallest absolute Gasteiger partial charge is 0.341 e. The lowest BCUT2D eigenvalue weighted by atomic mass is 10.1. The number of nitrogen functional groups attached to an aromatic ring is 1. The van der Waals surface area contributed by atoms with Crippen molar-refractivity contribution in [3.8, 4) is 0 Å². The van der Waals surface area contributed by atoms with Gasteiger partial charge in [0.2, 0.25) is 0 Å². The zero-order valence-corrected chi connectivity index (χ0v) is 13.9. The Balaban J connectivity index is 2.11. The van der Waals surface area contributed by atoms with Crippen molar-refractivity contribution in [3.05, 3.63) is 40.4 Å². The van der Waals surface area contributed by atoms with Crippen molar-refractivity contribution in [2.45, 2.75) is 13.8 Å². The molecule has 0 aliphatic carbocycles. The minimum atomic E-state index is -0.734. The van der Waals surface area contributed by atoms with Crippen LogP contribution in [0.25, 0.3) is 0 Å². The van der Waals surface area contributed by atoms with Crippen molar-refractivity contribution in [2.24, 2.45) is 0 Å². The minimum Gasteiger partial charge on any atom is -0.462 e. The lowest BCUT2D eigenvalue weighted by Gasteiger charge is -2.05. The van der Waals surface area contributed by atoms with Crippen LogP contribution in [0.4, 0.5) is 15.6 Å². The van der Waals surface area contributed by atoms with Crippen LogP contribution in [0.2, 0.25) is 0 Å². The van der Waals surface area contributed by atoms with Crippen LogP contribution in [0, 0.1) is 6.92 Å². The number of thiophene rings is 1. The van der Waals surface area contributed by atoms with Gasteiger partial charge in [-0.25, -0.2) is 14.6 Å². The number of rotatable bonds is 4. The molecule has 8 nitrogen and oxygen atoms in total. The molecule has 0 aromatic carbocycles. The Morgan fingerprint density at radius 3 is 2.71 bits per heavy atom. The maximum atomic E-state index is 12.2. The van der Waals surface area contributed by atoms with Crippen LogP contribution >= 0.6 is 11.3 Å². The van der Waals surface area contributed by atoms with Crippen LogP contribution in [-0.4, -0.2) is 29.5 Å². The fourth-order valence-electron chi connectivity index (χ4n) is 1.95. The number of hydrogen-bond acceptors (Lipinski definition) is 7. The summed E-state index contributed by atoms with van der Waals surface area (Å²) in [5.41, 5.74) is 6.32. The molecule has 9 heteroatoms. The number of pyridine rings is 1. The number of esters is 1. The van der Waals surface area contributed by atoms with Crippen molar-refractivity contribution in [3.63, 3.8) is 0 Å². The molecule has 0 aliphatic heterocycles. The van der Waals surface area contributed by atoms with Crippen molar-refractivity contribution in [2.75, 3.05) is 17.7 Å². The number of imide groups is 1. The Labute approximate surface area is 142 Å². The molecule has 0 aliphatic rings. The Kier molecular flexibility index (Phi) is 5.48. The molecule has 2 aromatic rings. The predicted octanol–water partition coefficient (Wildman–Crippen LogP) is 2.17. The van der Waals surface area contributed by atoms with Gasteiger partial charge in [0.1, 0.15) is 10.8 Å². The summed E-state index contributed by atoms with van der Waals surface area (Å²) in [6.07, 6.45) is 1.51. The summed E-state index contributed by atoms with van der Waals surface area (Å²) in [7, 11) is 0. The van der Waals surface area contributed by atoms with Crippen LogP contribution in [0.3, 0.4) is 0 Å². The van der Waals surface area contributed by atoms with E-state index in [1.807, 2.05) is 0 Å². The third-order valence-corrected chi connectivity index (χ3v) is 4.11. The summed E-state index contributed by atoms with van der Waals surface area (Å²) in [4.78, 5) is 40.0. The fraction of sp³-hybridized carbons (Fsp3) is 0.200. The molecule has 2 rings (SSSR count). The van der Waals surface area contributed by atoms with E-state index in [1.165, 1.54) is 6.20 Å². The van der Waals surface area contributed by atoms with Gasteiger partial charge in [0.05, 0.1) is 17.0 Å². The topological polar surface area (TPSA) is 123 Å². The maximum absolute atomic E-state index is 12.2. The van der Waals surface area contributed by atoms with Crippen molar-refractivity contribution >= 4 is 40.1 Å². The van der Waals surface area contributed by atoms with Gasteiger partial charge in [0.15, 0.2) is 0 Å². The number of anilines is 2. The van der Waals surface area contributed by atoms with E-state index in [-0.39, 0.29) is 22.0 Å². The second-order valence-electron chi connectivity index (χ2n) is 4.64. The van der Waals surface area contributed by atoms with Crippen LogP contribution in [0.15, 0.2) is 24.4 Å². The number of nitrogens with zero attached hydrogens (tertiary/aromatic N) is 1. The van der Waals surface area contributed by atoms with Gasteiger partial charge in [-0.15, -0.1) is 11.3 Å². The monoisotopic (exact) mass is 348 g/mol. The lowest BCUT2D eigenvalue weighted by molar-refractivity contribution is 0.0527. The first-order chi connectivity index (χ1) is 11.4. The van der Waals surface area contributed by atoms with Crippen LogP contribution in [-0.2, 0) is 4.74 Å². The number of aromatic nitrogens is 1. The molecule has 0 saturated carbocycles. The lowest BCUT2D eigenvalue weighted by Crippen LogP contribution is -2.34. The van der Waals surface area contributed by atoms with Crippen LogP contribution in [0.1, 0.15) is 32.5 Å². The molecule has 2 heterocycles. The molecule has 3 amide bonds. The summed E-state index contributed by atoms with van der Waals surface area (Å²) in [5.74, 6) is -0.952. The molecule has 0 saturated heterocycles. The summed E-state index contributed by atoms with van der Waals surface area (Å²) < 4.78 is 4.91. The Hall–Kier alpha value is -2.94. The van der Waals surface area contributed by atoms with E-state index in [0.717, 1.165) is 11.3 Å². The third-order valence-electron chi connectivity index (χ3n) is 2.99. The van der Waals surface area contributed by atoms with Crippen molar-refractivity contribution in [1.29, 1.82) is 0 Å². The van der Waals surface area contributed by atoms with Crippen LogP contribution < -0.4 is 16.4 Å². The molecule has 2 aromatic heterocycles. The van der Waals surface area contributed by atoms with E-state index in [4.69, 9.17) is 10.5 Å². The predicted molar refractivity (Wildman–Crippen MR) is 90.1 cm³/mol. The number of amides is 3. The molecular formula is C15H16N4O4S. The van der Waals surface area contributed by atoms with Gasteiger partial charge in [-0.2, -0.15) is 0 Å². The first kappa shape index (κ1) is 17.4. The second-order valence-corrected chi connectivity index (χ2v) is 5.69. The molecule has 0 spiro atoms. The molecule has 24 heavy (non-hydrogen) atoms. The first-order valence-corrected chi connectivity index (χ1v) is 7.85.